The second kappa shape index (κ2) is 8.36. The highest BCUT2D eigenvalue weighted by Gasteiger charge is 2.39. The third-order valence-corrected chi connectivity index (χ3v) is 4.51. The Kier molecular flexibility index (Phi) is 5.86. The Morgan fingerprint density at radius 1 is 1.23 bits per heavy atom. The van der Waals surface area contributed by atoms with E-state index in [1.807, 2.05) is 19.2 Å². The molecule has 1 aliphatic heterocycles. The molecule has 2 aromatic rings. The molecule has 1 aromatic heterocycles. The Morgan fingerprint density at radius 3 is 2.60 bits per heavy atom. The topological polar surface area (TPSA) is 71.3 Å². The highest BCUT2D eigenvalue weighted by molar-refractivity contribution is 5.81. The molecule has 0 atom stereocenters. The van der Waals surface area contributed by atoms with Gasteiger partial charge < -0.3 is 9.47 Å². The smallest absolute Gasteiger partial charge is 0.349 e. The minimum Gasteiger partial charge on any atom is -0.349 e. The Hall–Kier alpha value is -3.69. The molecule has 0 radical (unpaired) electrons. The summed E-state index contributed by atoms with van der Waals surface area (Å²) in [6.07, 6.45) is 0.797. The van der Waals surface area contributed by atoms with Crippen LogP contribution in [0.25, 0.3) is 0 Å². The van der Waals surface area contributed by atoms with Gasteiger partial charge in [-0.2, -0.15) is 13.2 Å². The van der Waals surface area contributed by atoms with Crippen LogP contribution >= 0.6 is 0 Å². The predicted octanol–water partition coefficient (Wildman–Crippen LogP) is 2.73. The number of carbonyl (C=O) groups is 2. The lowest BCUT2D eigenvalue weighted by atomic mass is 10.0. The van der Waals surface area contributed by atoms with Crippen LogP contribution < -0.4 is 4.90 Å². The first-order valence-electron chi connectivity index (χ1n) is 8.79. The van der Waals surface area contributed by atoms with Crippen LogP contribution in [0.3, 0.4) is 0 Å². The SMILES string of the molecule is CN(/C=C1/C(C(F)(F)F)=CC(C=O)=CN1C=O)c1cccc(Cc2nncn2C)c1. The summed E-state index contributed by atoms with van der Waals surface area (Å²) in [6, 6.07) is 7.19. The predicted molar refractivity (Wildman–Crippen MR) is 103 cm³/mol. The van der Waals surface area contributed by atoms with Crippen LogP contribution in [-0.4, -0.2) is 45.6 Å². The average Bonchev–Trinajstić information content (AvgIpc) is 3.11. The van der Waals surface area contributed by atoms with E-state index in [-0.39, 0.29) is 24.0 Å². The summed E-state index contributed by atoms with van der Waals surface area (Å²) < 4.78 is 42.4. The second-order valence-electron chi connectivity index (χ2n) is 6.65. The minimum absolute atomic E-state index is 0.229. The molecule has 1 aliphatic rings. The third kappa shape index (κ3) is 4.48. The van der Waals surface area contributed by atoms with Gasteiger partial charge in [-0.05, 0) is 23.8 Å². The molecule has 156 valence electrons. The van der Waals surface area contributed by atoms with Crippen molar-refractivity contribution >= 4 is 18.4 Å². The number of benzene rings is 1. The van der Waals surface area contributed by atoms with Crippen molar-refractivity contribution in [1.82, 2.24) is 19.7 Å². The first kappa shape index (κ1) is 21.0. The van der Waals surface area contributed by atoms with Gasteiger partial charge >= 0.3 is 6.18 Å². The van der Waals surface area contributed by atoms with Crippen LogP contribution in [0.1, 0.15) is 11.4 Å². The van der Waals surface area contributed by atoms with Crippen molar-refractivity contribution in [2.24, 2.45) is 7.05 Å². The van der Waals surface area contributed by atoms with E-state index in [0.29, 0.717) is 12.1 Å². The Balaban J connectivity index is 1.95. The zero-order valence-corrected chi connectivity index (χ0v) is 16.2. The normalized spacial score (nSPS) is 15.6. The maximum Gasteiger partial charge on any atom is 0.418 e. The molecule has 0 saturated carbocycles. The van der Waals surface area contributed by atoms with Gasteiger partial charge in [0.2, 0.25) is 6.41 Å². The van der Waals surface area contributed by atoms with Gasteiger partial charge in [0.1, 0.15) is 12.2 Å². The van der Waals surface area contributed by atoms with E-state index in [0.717, 1.165) is 28.6 Å². The zero-order valence-electron chi connectivity index (χ0n) is 16.2. The molecule has 2 heterocycles. The van der Waals surface area contributed by atoms with Crippen LogP contribution in [0.15, 0.2) is 65.9 Å². The summed E-state index contributed by atoms with van der Waals surface area (Å²) in [5.74, 6) is 0.737. The van der Waals surface area contributed by atoms with E-state index in [1.54, 1.807) is 30.1 Å². The number of carbonyl (C=O) groups excluding carboxylic acids is 2. The number of anilines is 1. The number of alkyl halides is 3. The summed E-state index contributed by atoms with van der Waals surface area (Å²) in [5.41, 5.74) is -0.218. The maximum absolute atomic E-state index is 13.5. The van der Waals surface area contributed by atoms with Gasteiger partial charge in [-0.15, -0.1) is 10.2 Å². The largest absolute Gasteiger partial charge is 0.418 e. The van der Waals surface area contributed by atoms with Crippen molar-refractivity contribution in [3.63, 3.8) is 0 Å². The fourth-order valence-electron chi connectivity index (χ4n) is 2.96. The number of allylic oxidation sites excluding steroid dienone is 3. The Bertz CT molecular complexity index is 1050. The minimum atomic E-state index is -4.75. The number of hydrogen-bond acceptors (Lipinski definition) is 5. The molecular weight excluding hydrogens is 399 g/mol. The van der Waals surface area contributed by atoms with Gasteiger partial charge in [0.15, 0.2) is 6.29 Å². The Morgan fingerprint density at radius 2 is 2.00 bits per heavy atom. The number of rotatable bonds is 6. The fourth-order valence-corrected chi connectivity index (χ4v) is 2.96. The summed E-state index contributed by atoms with van der Waals surface area (Å²) in [4.78, 5) is 24.6. The first-order chi connectivity index (χ1) is 14.2. The zero-order chi connectivity index (χ0) is 21.9. The van der Waals surface area contributed by atoms with Gasteiger partial charge in [0.25, 0.3) is 0 Å². The van der Waals surface area contributed by atoms with E-state index in [9.17, 15) is 22.8 Å². The van der Waals surface area contributed by atoms with Crippen molar-refractivity contribution in [2.45, 2.75) is 12.6 Å². The van der Waals surface area contributed by atoms with Gasteiger partial charge in [-0.3, -0.25) is 14.5 Å². The summed E-state index contributed by atoms with van der Waals surface area (Å²) in [5, 5.41) is 7.85. The van der Waals surface area contributed by atoms with Crippen LogP contribution in [0, 0.1) is 0 Å². The van der Waals surface area contributed by atoms with E-state index < -0.39 is 11.7 Å². The lowest BCUT2D eigenvalue weighted by Gasteiger charge is -2.27. The molecule has 0 unspecified atom stereocenters. The molecule has 3 rings (SSSR count). The van der Waals surface area contributed by atoms with Gasteiger partial charge in [-0.25, -0.2) is 0 Å². The Labute approximate surface area is 170 Å². The number of aryl methyl sites for hydroxylation is 1. The summed E-state index contributed by atoms with van der Waals surface area (Å²) in [6.45, 7) is 0. The van der Waals surface area contributed by atoms with Crippen LogP contribution in [0.4, 0.5) is 18.9 Å². The molecule has 0 N–H and O–H groups in total. The van der Waals surface area contributed by atoms with Crippen molar-refractivity contribution < 1.29 is 22.8 Å². The number of amides is 1. The molecule has 0 bridgehead atoms. The standard InChI is InChI=1S/C20H18F3N5O2/c1-26(16-5-3-4-14(6-16)8-19-25-24-12-27(19)2)10-18-17(20(21,22)23)7-15(11-29)9-28(18)13-30/h3-7,9-13H,8H2,1-2H3/b18-10-. The van der Waals surface area contributed by atoms with Crippen LogP contribution in [0.5, 0.6) is 0 Å². The lowest BCUT2D eigenvalue weighted by molar-refractivity contribution is -0.115. The van der Waals surface area contributed by atoms with Crippen molar-refractivity contribution in [1.29, 1.82) is 0 Å². The summed E-state index contributed by atoms with van der Waals surface area (Å²) in [7, 11) is 3.39. The monoisotopic (exact) mass is 417 g/mol. The highest BCUT2D eigenvalue weighted by atomic mass is 19.4. The lowest BCUT2D eigenvalue weighted by Crippen LogP contribution is -2.29. The molecule has 7 nitrogen and oxygen atoms in total. The molecule has 0 fully saturated rings. The van der Waals surface area contributed by atoms with Crippen molar-refractivity contribution in [3.8, 4) is 0 Å². The number of nitrogens with zero attached hydrogens (tertiary/aromatic N) is 5. The molecular formula is C20H18F3N5O2. The molecule has 0 aliphatic carbocycles. The molecule has 1 aromatic carbocycles. The van der Waals surface area contributed by atoms with E-state index in [2.05, 4.69) is 10.2 Å². The number of hydrogen-bond donors (Lipinski definition) is 0. The van der Waals surface area contributed by atoms with Crippen LogP contribution in [-0.2, 0) is 23.1 Å². The number of halogens is 3. The molecule has 0 saturated heterocycles. The third-order valence-electron chi connectivity index (χ3n) is 4.51. The average molecular weight is 417 g/mol. The summed E-state index contributed by atoms with van der Waals surface area (Å²) >= 11 is 0. The van der Waals surface area contributed by atoms with Gasteiger partial charge in [-0.1, -0.05) is 12.1 Å². The molecule has 30 heavy (non-hydrogen) atoms. The number of aromatic nitrogens is 3. The van der Waals surface area contributed by atoms with E-state index in [4.69, 9.17) is 0 Å². The second-order valence-corrected chi connectivity index (χ2v) is 6.65. The molecule has 0 spiro atoms. The highest BCUT2D eigenvalue weighted by Crippen LogP contribution is 2.36. The van der Waals surface area contributed by atoms with Crippen molar-refractivity contribution in [3.05, 3.63) is 77.3 Å². The molecule has 1 amide bonds. The number of aldehydes is 1. The first-order valence-corrected chi connectivity index (χ1v) is 8.79. The van der Waals surface area contributed by atoms with Crippen molar-refractivity contribution in [2.75, 3.05) is 11.9 Å². The van der Waals surface area contributed by atoms with Gasteiger partial charge in [0.05, 0.1) is 11.3 Å². The molecule has 10 heteroatoms. The van der Waals surface area contributed by atoms with Gasteiger partial charge in [0, 0.05) is 44.2 Å². The van der Waals surface area contributed by atoms with E-state index >= 15 is 0 Å². The van der Waals surface area contributed by atoms with Crippen LogP contribution in [0.2, 0.25) is 0 Å². The maximum atomic E-state index is 13.5. The van der Waals surface area contributed by atoms with E-state index in [1.165, 1.54) is 11.1 Å². The fraction of sp³-hybridized carbons (Fsp3) is 0.200. The quantitative estimate of drug-likeness (QED) is 0.676.